The minimum Gasteiger partial charge on any atom is -0.352 e. The van der Waals surface area contributed by atoms with Crippen molar-refractivity contribution < 1.29 is 9.59 Å². The molecule has 2 aromatic carbocycles. The van der Waals surface area contributed by atoms with E-state index in [4.69, 9.17) is 0 Å². The average Bonchev–Trinajstić information content (AvgIpc) is 2.68. The van der Waals surface area contributed by atoms with Crippen molar-refractivity contribution in [1.82, 2.24) is 10.2 Å². The molecule has 0 saturated carbocycles. The Morgan fingerprint density at radius 3 is 1.89 bits per heavy atom. The van der Waals surface area contributed by atoms with Gasteiger partial charge in [-0.2, -0.15) is 0 Å². The lowest BCUT2D eigenvalue weighted by atomic mass is 10.1. The van der Waals surface area contributed by atoms with Gasteiger partial charge in [0, 0.05) is 12.6 Å². The zero-order valence-corrected chi connectivity index (χ0v) is 17.7. The Morgan fingerprint density at radius 1 is 0.893 bits per heavy atom. The van der Waals surface area contributed by atoms with Crippen LogP contribution < -0.4 is 5.32 Å². The number of nitrogens with one attached hydrogen (secondary N) is 1. The molecule has 4 heteroatoms. The van der Waals surface area contributed by atoms with Crippen molar-refractivity contribution in [2.45, 2.75) is 66.1 Å². The van der Waals surface area contributed by atoms with E-state index in [2.05, 4.69) is 5.32 Å². The summed E-state index contributed by atoms with van der Waals surface area (Å²) in [6, 6.07) is 15.6. The largest absolute Gasteiger partial charge is 0.352 e. The van der Waals surface area contributed by atoms with E-state index < -0.39 is 6.04 Å². The Balaban J connectivity index is 2.20. The highest BCUT2D eigenvalue weighted by Crippen LogP contribution is 2.14. The average molecular weight is 381 g/mol. The first-order chi connectivity index (χ1) is 13.3. The lowest BCUT2D eigenvalue weighted by Gasteiger charge is -2.30. The number of carbonyl (C=O) groups is 2. The third kappa shape index (κ3) is 6.22. The fraction of sp³-hybridized carbons (Fsp3) is 0.417. The maximum atomic E-state index is 13.1. The number of amides is 2. The number of rotatable bonds is 8. The minimum absolute atomic E-state index is 0.0452. The lowest BCUT2D eigenvalue weighted by Crippen LogP contribution is -2.49. The zero-order valence-electron chi connectivity index (χ0n) is 17.7. The highest BCUT2D eigenvalue weighted by molar-refractivity contribution is 5.88. The predicted molar refractivity (Wildman–Crippen MR) is 114 cm³/mol. The van der Waals surface area contributed by atoms with Crippen molar-refractivity contribution in [3.63, 3.8) is 0 Å². The minimum atomic E-state index is -0.534. The Morgan fingerprint density at radius 2 is 1.39 bits per heavy atom. The standard InChI is InChI=1S/C24H32N2O2/c1-6-19(4)25-24(28)20(5)26(16-22-13-9-18(3)10-14-22)23(27)15-21-11-7-17(2)8-12-21/h7-14,19-20H,6,15-16H2,1-5H3,(H,25,28)/t19-,20+/m0/s1. The van der Waals surface area contributed by atoms with Crippen LogP contribution in [0, 0.1) is 13.8 Å². The van der Waals surface area contributed by atoms with Crippen LogP contribution in [0.1, 0.15) is 49.4 Å². The molecule has 0 aliphatic heterocycles. The normalized spacial score (nSPS) is 12.9. The molecule has 0 aromatic heterocycles. The van der Waals surface area contributed by atoms with Gasteiger partial charge in [-0.05, 0) is 45.2 Å². The van der Waals surface area contributed by atoms with Crippen LogP contribution in [-0.2, 0) is 22.6 Å². The van der Waals surface area contributed by atoms with Gasteiger partial charge < -0.3 is 10.2 Å². The van der Waals surface area contributed by atoms with E-state index in [0.29, 0.717) is 6.54 Å². The summed E-state index contributed by atoms with van der Waals surface area (Å²) in [5, 5.41) is 3.00. The van der Waals surface area contributed by atoms with Gasteiger partial charge in [-0.15, -0.1) is 0 Å². The maximum absolute atomic E-state index is 13.1. The highest BCUT2D eigenvalue weighted by atomic mass is 16.2. The molecule has 2 amide bonds. The Kier molecular flexibility index (Phi) is 7.80. The number of benzene rings is 2. The highest BCUT2D eigenvalue weighted by Gasteiger charge is 2.26. The first kappa shape index (κ1) is 21.7. The first-order valence-electron chi connectivity index (χ1n) is 10.0. The summed E-state index contributed by atoms with van der Waals surface area (Å²) in [4.78, 5) is 27.5. The summed E-state index contributed by atoms with van der Waals surface area (Å²) < 4.78 is 0. The first-order valence-corrected chi connectivity index (χ1v) is 10.0. The van der Waals surface area contributed by atoms with Crippen LogP contribution >= 0.6 is 0 Å². The predicted octanol–water partition coefficient (Wildman–Crippen LogP) is 4.18. The van der Waals surface area contributed by atoms with E-state index in [0.717, 1.165) is 23.1 Å². The quantitative estimate of drug-likeness (QED) is 0.747. The van der Waals surface area contributed by atoms with Crippen LogP contribution in [0.2, 0.25) is 0 Å². The Bertz CT molecular complexity index is 781. The molecule has 0 saturated heterocycles. The molecular formula is C24H32N2O2. The molecule has 0 spiro atoms. The fourth-order valence-corrected chi connectivity index (χ4v) is 2.92. The van der Waals surface area contributed by atoms with E-state index >= 15 is 0 Å². The Labute approximate surface area is 169 Å². The van der Waals surface area contributed by atoms with Crippen molar-refractivity contribution in [2.75, 3.05) is 0 Å². The number of carbonyl (C=O) groups excluding carboxylic acids is 2. The molecule has 2 atom stereocenters. The van der Waals surface area contributed by atoms with Gasteiger partial charge in [0.2, 0.25) is 11.8 Å². The van der Waals surface area contributed by atoms with Crippen molar-refractivity contribution in [3.05, 3.63) is 70.8 Å². The van der Waals surface area contributed by atoms with E-state index in [1.54, 1.807) is 11.8 Å². The van der Waals surface area contributed by atoms with Gasteiger partial charge in [-0.25, -0.2) is 0 Å². The van der Waals surface area contributed by atoms with Crippen LogP contribution in [-0.4, -0.2) is 28.8 Å². The second kappa shape index (κ2) is 10.1. The lowest BCUT2D eigenvalue weighted by molar-refractivity contribution is -0.140. The molecule has 0 radical (unpaired) electrons. The monoisotopic (exact) mass is 380 g/mol. The molecule has 2 rings (SSSR count). The number of hydrogen-bond acceptors (Lipinski definition) is 2. The molecule has 2 aromatic rings. The second-order valence-corrected chi connectivity index (χ2v) is 7.66. The summed E-state index contributed by atoms with van der Waals surface area (Å²) in [6.07, 6.45) is 1.14. The number of nitrogens with zero attached hydrogens (tertiary/aromatic N) is 1. The molecule has 0 unspecified atom stereocenters. The van der Waals surface area contributed by atoms with Crippen LogP contribution in [0.3, 0.4) is 0 Å². The molecule has 0 heterocycles. The molecule has 150 valence electrons. The van der Waals surface area contributed by atoms with Gasteiger partial charge in [0.05, 0.1) is 6.42 Å². The molecule has 28 heavy (non-hydrogen) atoms. The van der Waals surface area contributed by atoms with E-state index in [-0.39, 0.29) is 24.3 Å². The molecule has 0 aliphatic rings. The summed E-state index contributed by atoms with van der Waals surface area (Å²) in [5.74, 6) is -0.157. The van der Waals surface area contributed by atoms with E-state index in [1.807, 2.05) is 76.2 Å². The van der Waals surface area contributed by atoms with Gasteiger partial charge >= 0.3 is 0 Å². The number of aryl methyl sites for hydroxylation is 2. The molecule has 4 nitrogen and oxygen atoms in total. The van der Waals surface area contributed by atoms with Gasteiger partial charge in [-0.3, -0.25) is 9.59 Å². The van der Waals surface area contributed by atoms with Crippen LogP contribution in [0.25, 0.3) is 0 Å². The summed E-state index contributed by atoms with van der Waals surface area (Å²) in [6.45, 7) is 10.3. The molecule has 1 N–H and O–H groups in total. The third-order valence-corrected chi connectivity index (χ3v) is 5.12. The molecule has 0 bridgehead atoms. The molecular weight excluding hydrogens is 348 g/mol. The van der Waals surface area contributed by atoms with Gasteiger partial charge in [-0.1, -0.05) is 66.6 Å². The maximum Gasteiger partial charge on any atom is 0.242 e. The molecule has 0 aliphatic carbocycles. The number of hydrogen-bond donors (Lipinski definition) is 1. The second-order valence-electron chi connectivity index (χ2n) is 7.66. The third-order valence-electron chi connectivity index (χ3n) is 5.12. The SMILES string of the molecule is CC[C@H](C)NC(=O)[C@@H](C)N(Cc1ccc(C)cc1)C(=O)Cc1ccc(C)cc1. The smallest absolute Gasteiger partial charge is 0.242 e. The van der Waals surface area contributed by atoms with E-state index in [9.17, 15) is 9.59 Å². The van der Waals surface area contributed by atoms with Crippen molar-refractivity contribution in [2.24, 2.45) is 0 Å². The van der Waals surface area contributed by atoms with Gasteiger partial charge in [0.1, 0.15) is 6.04 Å². The van der Waals surface area contributed by atoms with Crippen LogP contribution in [0.4, 0.5) is 0 Å². The van der Waals surface area contributed by atoms with Crippen molar-refractivity contribution in [1.29, 1.82) is 0 Å². The van der Waals surface area contributed by atoms with Crippen LogP contribution in [0.5, 0.6) is 0 Å². The zero-order chi connectivity index (χ0) is 20.7. The van der Waals surface area contributed by atoms with E-state index in [1.165, 1.54) is 5.56 Å². The summed E-state index contributed by atoms with van der Waals surface area (Å²) in [7, 11) is 0. The topological polar surface area (TPSA) is 49.4 Å². The van der Waals surface area contributed by atoms with Crippen molar-refractivity contribution >= 4 is 11.8 Å². The van der Waals surface area contributed by atoms with Gasteiger partial charge in [0.25, 0.3) is 0 Å². The van der Waals surface area contributed by atoms with Gasteiger partial charge in [0.15, 0.2) is 0 Å². The Hall–Kier alpha value is -2.62. The summed E-state index contributed by atoms with van der Waals surface area (Å²) in [5.41, 5.74) is 4.31. The fourth-order valence-electron chi connectivity index (χ4n) is 2.92. The molecule has 0 fully saturated rings. The van der Waals surface area contributed by atoms with Crippen molar-refractivity contribution in [3.8, 4) is 0 Å². The van der Waals surface area contributed by atoms with Crippen LogP contribution in [0.15, 0.2) is 48.5 Å². The summed E-state index contributed by atoms with van der Waals surface area (Å²) >= 11 is 0.